The standard InChI is InChI=1S/C6H3ClF3N5/c7-3-1-2(6(8,9)10)4-12-13-5(11)15(4)14-3/h1H,(H2,11,13). The highest BCUT2D eigenvalue weighted by atomic mass is 35.5. The number of nitrogens with two attached hydrogens (primary N) is 1. The maximum atomic E-state index is 12.5. The highest BCUT2D eigenvalue weighted by Gasteiger charge is 2.35. The van der Waals surface area contributed by atoms with Crippen molar-refractivity contribution < 1.29 is 13.2 Å². The third-order valence-corrected chi connectivity index (χ3v) is 1.85. The Morgan fingerprint density at radius 1 is 1.33 bits per heavy atom. The second kappa shape index (κ2) is 2.96. The van der Waals surface area contributed by atoms with E-state index in [4.69, 9.17) is 17.3 Å². The molecule has 0 spiro atoms. The van der Waals surface area contributed by atoms with Gasteiger partial charge in [0, 0.05) is 0 Å². The number of fused-ring (bicyclic) bond motifs is 1. The SMILES string of the molecule is Nc1nnc2c(C(F)(F)F)cc(Cl)nn12. The fourth-order valence-corrected chi connectivity index (χ4v) is 1.26. The van der Waals surface area contributed by atoms with Crippen LogP contribution in [0.5, 0.6) is 0 Å². The van der Waals surface area contributed by atoms with Crippen molar-refractivity contribution in [2.24, 2.45) is 0 Å². The summed E-state index contributed by atoms with van der Waals surface area (Å²) in [7, 11) is 0. The van der Waals surface area contributed by atoms with Crippen molar-refractivity contribution >= 4 is 23.2 Å². The number of alkyl halides is 3. The Morgan fingerprint density at radius 2 is 2.00 bits per heavy atom. The van der Waals surface area contributed by atoms with Gasteiger partial charge in [-0.05, 0) is 6.07 Å². The second-order valence-corrected chi connectivity index (χ2v) is 3.06. The van der Waals surface area contributed by atoms with Crippen LogP contribution in [0, 0.1) is 0 Å². The number of aromatic nitrogens is 4. The van der Waals surface area contributed by atoms with Gasteiger partial charge in [0.25, 0.3) is 0 Å². The van der Waals surface area contributed by atoms with Gasteiger partial charge in [-0.2, -0.15) is 22.8 Å². The van der Waals surface area contributed by atoms with Crippen LogP contribution in [0.4, 0.5) is 19.1 Å². The molecule has 0 aliphatic rings. The molecule has 5 nitrogen and oxygen atoms in total. The number of hydrogen-bond donors (Lipinski definition) is 1. The van der Waals surface area contributed by atoms with Crippen LogP contribution in [0.15, 0.2) is 6.07 Å². The van der Waals surface area contributed by atoms with E-state index >= 15 is 0 Å². The van der Waals surface area contributed by atoms with Crippen molar-refractivity contribution in [1.29, 1.82) is 0 Å². The Labute approximate surface area is 85.7 Å². The van der Waals surface area contributed by atoms with Gasteiger partial charge in [0.15, 0.2) is 10.8 Å². The lowest BCUT2D eigenvalue weighted by molar-refractivity contribution is -0.136. The molecule has 9 heteroatoms. The molecule has 15 heavy (non-hydrogen) atoms. The zero-order chi connectivity index (χ0) is 11.2. The fourth-order valence-electron chi connectivity index (χ4n) is 1.08. The van der Waals surface area contributed by atoms with E-state index in [1.807, 2.05) is 0 Å². The van der Waals surface area contributed by atoms with Crippen molar-refractivity contribution in [3.63, 3.8) is 0 Å². The first-order valence-electron chi connectivity index (χ1n) is 3.64. The number of nitrogens with zero attached hydrogens (tertiary/aromatic N) is 4. The molecule has 80 valence electrons. The minimum Gasteiger partial charge on any atom is -0.366 e. The summed E-state index contributed by atoms with van der Waals surface area (Å²) in [5, 5.41) is 9.76. The summed E-state index contributed by atoms with van der Waals surface area (Å²) in [6.45, 7) is 0. The first-order chi connectivity index (χ1) is 6.89. The van der Waals surface area contributed by atoms with Crippen LogP contribution < -0.4 is 5.73 Å². The largest absolute Gasteiger partial charge is 0.420 e. The van der Waals surface area contributed by atoms with E-state index < -0.39 is 17.4 Å². The Morgan fingerprint density at radius 3 is 2.60 bits per heavy atom. The van der Waals surface area contributed by atoms with Gasteiger partial charge < -0.3 is 5.73 Å². The molecule has 0 aliphatic heterocycles. The van der Waals surface area contributed by atoms with E-state index in [1.165, 1.54) is 0 Å². The van der Waals surface area contributed by atoms with Crippen LogP contribution in [-0.4, -0.2) is 19.8 Å². The molecule has 2 rings (SSSR count). The highest BCUT2D eigenvalue weighted by Crippen LogP contribution is 2.33. The predicted molar refractivity (Wildman–Crippen MR) is 45.2 cm³/mol. The van der Waals surface area contributed by atoms with Gasteiger partial charge in [0.2, 0.25) is 5.95 Å². The average Bonchev–Trinajstić information content (AvgIpc) is 2.45. The maximum absolute atomic E-state index is 12.5. The number of nitrogen functional groups attached to an aromatic ring is 1. The Balaban J connectivity index is 2.84. The number of halogens is 4. The Bertz CT molecular complexity index is 519. The summed E-state index contributed by atoms with van der Waals surface area (Å²) >= 11 is 5.42. The van der Waals surface area contributed by atoms with Crippen LogP contribution in [0.1, 0.15) is 5.56 Å². The molecular weight excluding hydrogens is 235 g/mol. The molecule has 0 unspecified atom stereocenters. The van der Waals surface area contributed by atoms with Crippen molar-refractivity contribution in [2.45, 2.75) is 6.18 Å². The van der Waals surface area contributed by atoms with Gasteiger partial charge in [-0.15, -0.1) is 10.2 Å². The van der Waals surface area contributed by atoms with Gasteiger partial charge in [-0.1, -0.05) is 11.6 Å². The van der Waals surface area contributed by atoms with Gasteiger partial charge in [0.1, 0.15) is 5.56 Å². The second-order valence-electron chi connectivity index (χ2n) is 2.67. The van der Waals surface area contributed by atoms with E-state index in [0.29, 0.717) is 6.07 Å². The topological polar surface area (TPSA) is 69.1 Å². The zero-order valence-electron chi connectivity index (χ0n) is 6.96. The number of hydrogen-bond acceptors (Lipinski definition) is 4. The summed E-state index contributed by atoms with van der Waals surface area (Å²) in [6.07, 6.45) is -4.58. The van der Waals surface area contributed by atoms with E-state index in [9.17, 15) is 13.2 Å². The lowest BCUT2D eigenvalue weighted by Gasteiger charge is -2.07. The fraction of sp³-hybridized carbons (Fsp3) is 0.167. The summed E-state index contributed by atoms with van der Waals surface area (Å²) in [4.78, 5) is 0. The summed E-state index contributed by atoms with van der Waals surface area (Å²) in [6, 6.07) is 0.672. The lowest BCUT2D eigenvalue weighted by Crippen LogP contribution is -2.10. The molecule has 2 heterocycles. The zero-order valence-corrected chi connectivity index (χ0v) is 7.71. The van der Waals surface area contributed by atoms with Crippen LogP contribution >= 0.6 is 11.6 Å². The molecule has 0 atom stereocenters. The summed E-state index contributed by atoms with van der Waals surface area (Å²) in [5.74, 6) is -0.252. The predicted octanol–water partition coefficient (Wildman–Crippen LogP) is 1.38. The minimum atomic E-state index is -4.58. The molecule has 0 radical (unpaired) electrons. The quantitative estimate of drug-likeness (QED) is 0.752. The molecule has 0 aliphatic carbocycles. The van der Waals surface area contributed by atoms with Gasteiger partial charge >= 0.3 is 6.18 Å². The van der Waals surface area contributed by atoms with Crippen molar-refractivity contribution in [3.05, 3.63) is 16.8 Å². The normalized spacial score (nSPS) is 12.3. The third kappa shape index (κ3) is 1.56. The molecular formula is C6H3ClF3N5. The van der Waals surface area contributed by atoms with Crippen LogP contribution in [0.3, 0.4) is 0 Å². The van der Waals surface area contributed by atoms with Crippen LogP contribution in [0.2, 0.25) is 5.15 Å². The monoisotopic (exact) mass is 237 g/mol. The molecule has 0 saturated heterocycles. The van der Waals surface area contributed by atoms with Crippen molar-refractivity contribution in [1.82, 2.24) is 19.8 Å². The first-order valence-corrected chi connectivity index (χ1v) is 4.02. The lowest BCUT2D eigenvalue weighted by atomic mass is 10.3. The molecule has 0 bridgehead atoms. The van der Waals surface area contributed by atoms with E-state index in [-0.39, 0.29) is 11.1 Å². The molecule has 0 fully saturated rings. The molecule has 2 aromatic heterocycles. The molecule has 2 N–H and O–H groups in total. The summed E-state index contributed by atoms with van der Waals surface area (Å²) in [5.41, 5.74) is 3.77. The molecule has 0 saturated carbocycles. The van der Waals surface area contributed by atoms with E-state index in [2.05, 4.69) is 15.3 Å². The Hall–Kier alpha value is -1.57. The van der Waals surface area contributed by atoms with Gasteiger partial charge in [-0.3, -0.25) is 0 Å². The van der Waals surface area contributed by atoms with E-state index in [0.717, 1.165) is 4.52 Å². The van der Waals surface area contributed by atoms with Crippen molar-refractivity contribution in [2.75, 3.05) is 5.73 Å². The Kier molecular flexibility index (Phi) is 1.97. The smallest absolute Gasteiger partial charge is 0.366 e. The highest BCUT2D eigenvalue weighted by molar-refractivity contribution is 6.29. The first kappa shape index (κ1) is 9.97. The third-order valence-electron chi connectivity index (χ3n) is 1.67. The maximum Gasteiger partial charge on any atom is 0.420 e. The number of rotatable bonds is 0. The van der Waals surface area contributed by atoms with Crippen LogP contribution in [0.25, 0.3) is 5.65 Å². The van der Waals surface area contributed by atoms with Gasteiger partial charge in [0.05, 0.1) is 0 Å². The number of anilines is 1. The van der Waals surface area contributed by atoms with E-state index in [1.54, 1.807) is 0 Å². The van der Waals surface area contributed by atoms with Crippen molar-refractivity contribution in [3.8, 4) is 0 Å². The average molecular weight is 238 g/mol. The minimum absolute atomic E-state index is 0.252. The van der Waals surface area contributed by atoms with Crippen LogP contribution in [-0.2, 0) is 6.18 Å². The molecule has 2 aromatic rings. The summed E-state index contributed by atoms with van der Waals surface area (Å²) < 4.78 is 38.2. The molecule has 0 amide bonds. The molecule has 0 aromatic carbocycles. The van der Waals surface area contributed by atoms with Gasteiger partial charge in [-0.25, -0.2) is 0 Å².